The zero-order valence-corrected chi connectivity index (χ0v) is 22.1. The zero-order chi connectivity index (χ0) is 27.5. The SMILES string of the molecule is C#CCSCc1c(F)c(F)c(COC(=O)C2=CC=CC(C)(C)C2c2cnc(C(C)(C)C)nc2)c(F)c1F. The Morgan fingerprint density at radius 1 is 1.08 bits per heavy atom. The fourth-order valence-corrected chi connectivity index (χ4v) is 4.75. The van der Waals surface area contributed by atoms with E-state index in [1.165, 1.54) is 6.08 Å². The molecule has 0 fully saturated rings. The molecule has 37 heavy (non-hydrogen) atoms. The maximum absolute atomic E-state index is 14.6. The normalized spacial score (nSPS) is 16.8. The maximum Gasteiger partial charge on any atom is 0.335 e. The minimum absolute atomic E-state index is 0.118. The largest absolute Gasteiger partial charge is 0.457 e. The van der Waals surface area contributed by atoms with Crippen LogP contribution in [-0.4, -0.2) is 21.7 Å². The Balaban J connectivity index is 1.87. The summed E-state index contributed by atoms with van der Waals surface area (Å²) in [6.07, 6.45) is 13.5. The van der Waals surface area contributed by atoms with Gasteiger partial charge in [0.05, 0.1) is 11.3 Å². The summed E-state index contributed by atoms with van der Waals surface area (Å²) in [6.45, 7) is 8.76. The van der Waals surface area contributed by atoms with Gasteiger partial charge < -0.3 is 4.74 Å². The van der Waals surface area contributed by atoms with Crippen LogP contribution in [-0.2, 0) is 27.3 Å². The summed E-state index contributed by atoms with van der Waals surface area (Å²) in [5.41, 5.74) is -1.74. The number of rotatable bonds is 7. The molecule has 0 saturated carbocycles. The number of nitrogens with zero attached hydrogens (tertiary/aromatic N) is 2. The average molecular weight is 533 g/mol. The highest BCUT2D eigenvalue weighted by atomic mass is 32.2. The van der Waals surface area contributed by atoms with Crippen LogP contribution in [0.2, 0.25) is 0 Å². The Hall–Kier alpha value is -3.12. The summed E-state index contributed by atoms with van der Waals surface area (Å²) >= 11 is 0.936. The van der Waals surface area contributed by atoms with Crippen LogP contribution < -0.4 is 0 Å². The van der Waals surface area contributed by atoms with Gasteiger partial charge in [-0.15, -0.1) is 18.2 Å². The van der Waals surface area contributed by atoms with Crippen molar-refractivity contribution in [2.75, 3.05) is 5.75 Å². The molecular formula is C28H28F4N2O2S. The molecule has 0 spiro atoms. The van der Waals surface area contributed by atoms with Gasteiger partial charge in [0.1, 0.15) is 12.4 Å². The molecule has 0 amide bonds. The lowest BCUT2D eigenvalue weighted by molar-refractivity contribution is -0.141. The van der Waals surface area contributed by atoms with Crippen molar-refractivity contribution in [3.63, 3.8) is 0 Å². The standard InChI is InChI=1S/C28H28F4N2O2S/c1-7-11-37-15-19-23(31)21(29)18(22(30)24(19)32)14-36-25(35)17-9-8-10-28(5,6)20(17)16-12-33-26(34-13-16)27(2,3)4/h1,8-10,12-13,20H,11,14-15H2,2-6H3. The van der Waals surface area contributed by atoms with Crippen molar-refractivity contribution in [3.05, 3.63) is 82.0 Å². The third-order valence-corrected chi connectivity index (χ3v) is 6.86. The lowest BCUT2D eigenvalue weighted by Gasteiger charge is -2.35. The van der Waals surface area contributed by atoms with E-state index in [2.05, 4.69) is 15.9 Å². The van der Waals surface area contributed by atoms with E-state index in [4.69, 9.17) is 11.2 Å². The quantitative estimate of drug-likeness (QED) is 0.133. The second-order valence-corrected chi connectivity index (χ2v) is 11.3. The molecule has 2 aromatic rings. The lowest BCUT2D eigenvalue weighted by atomic mass is 9.69. The van der Waals surface area contributed by atoms with Gasteiger partial charge in [-0.25, -0.2) is 32.3 Å². The van der Waals surface area contributed by atoms with E-state index in [9.17, 15) is 22.4 Å². The van der Waals surface area contributed by atoms with Crippen LogP contribution in [0.3, 0.4) is 0 Å². The van der Waals surface area contributed by atoms with Gasteiger partial charge in [-0.2, -0.15) is 0 Å². The lowest BCUT2D eigenvalue weighted by Crippen LogP contribution is -2.29. The third-order valence-electron chi connectivity index (χ3n) is 5.99. The maximum atomic E-state index is 14.6. The van der Waals surface area contributed by atoms with Gasteiger partial charge in [0, 0.05) is 40.6 Å². The minimum atomic E-state index is -1.61. The molecule has 1 unspecified atom stereocenters. The first-order valence-electron chi connectivity index (χ1n) is 11.5. The number of thioether (sulfide) groups is 1. The number of hydrogen-bond donors (Lipinski definition) is 0. The summed E-state index contributed by atoms with van der Waals surface area (Å²) in [7, 11) is 0. The highest BCUT2D eigenvalue weighted by Crippen LogP contribution is 2.44. The molecule has 1 aromatic carbocycles. The van der Waals surface area contributed by atoms with Crippen LogP contribution >= 0.6 is 11.8 Å². The van der Waals surface area contributed by atoms with E-state index in [0.29, 0.717) is 11.4 Å². The molecule has 9 heteroatoms. The first-order valence-corrected chi connectivity index (χ1v) is 12.7. The van der Waals surface area contributed by atoms with Gasteiger partial charge in [0.25, 0.3) is 0 Å². The highest BCUT2D eigenvalue weighted by Gasteiger charge is 2.38. The second-order valence-electron chi connectivity index (χ2n) is 10.3. The second kappa shape index (κ2) is 11.1. The van der Waals surface area contributed by atoms with Crippen molar-refractivity contribution < 1.29 is 27.1 Å². The topological polar surface area (TPSA) is 52.1 Å². The number of hydrogen-bond acceptors (Lipinski definition) is 5. The van der Waals surface area contributed by atoms with Crippen LogP contribution in [0.1, 0.15) is 63.1 Å². The van der Waals surface area contributed by atoms with Crippen LogP contribution in [0.4, 0.5) is 17.6 Å². The van der Waals surface area contributed by atoms with E-state index in [-0.39, 0.29) is 22.5 Å². The molecule has 0 N–H and O–H groups in total. The van der Waals surface area contributed by atoms with Gasteiger partial charge in [-0.05, 0) is 11.0 Å². The highest BCUT2D eigenvalue weighted by molar-refractivity contribution is 7.98. The van der Waals surface area contributed by atoms with Gasteiger partial charge in [-0.1, -0.05) is 58.8 Å². The van der Waals surface area contributed by atoms with E-state index >= 15 is 0 Å². The van der Waals surface area contributed by atoms with E-state index < -0.39 is 58.3 Å². The van der Waals surface area contributed by atoms with Crippen LogP contribution in [0.25, 0.3) is 0 Å². The number of ether oxygens (including phenoxy) is 1. The van der Waals surface area contributed by atoms with Crippen LogP contribution in [0.15, 0.2) is 36.2 Å². The van der Waals surface area contributed by atoms with Crippen molar-refractivity contribution in [3.8, 4) is 12.3 Å². The molecule has 196 valence electrons. The van der Waals surface area contributed by atoms with E-state index in [1.807, 2.05) is 40.7 Å². The Morgan fingerprint density at radius 3 is 2.19 bits per heavy atom. The first-order chi connectivity index (χ1) is 17.3. The molecule has 0 bridgehead atoms. The van der Waals surface area contributed by atoms with Gasteiger partial charge in [-0.3, -0.25) is 0 Å². The van der Waals surface area contributed by atoms with Crippen molar-refractivity contribution >= 4 is 17.7 Å². The monoisotopic (exact) mass is 532 g/mol. The molecule has 0 radical (unpaired) electrons. The van der Waals surface area contributed by atoms with Crippen molar-refractivity contribution in [2.24, 2.45) is 5.41 Å². The Morgan fingerprint density at radius 2 is 1.65 bits per heavy atom. The molecule has 1 aliphatic rings. The number of terminal acetylenes is 1. The third kappa shape index (κ3) is 6.07. The molecule has 0 aliphatic heterocycles. The molecule has 4 nitrogen and oxygen atoms in total. The van der Waals surface area contributed by atoms with Crippen molar-refractivity contribution in [1.82, 2.24) is 9.97 Å². The van der Waals surface area contributed by atoms with E-state index in [1.54, 1.807) is 18.5 Å². The number of carbonyl (C=O) groups is 1. The summed E-state index contributed by atoms with van der Waals surface area (Å²) in [6, 6.07) is 0. The number of aromatic nitrogens is 2. The molecule has 1 heterocycles. The fraction of sp³-hybridized carbons (Fsp3) is 0.393. The number of allylic oxidation sites excluding steroid dienone is 3. The molecule has 1 atom stereocenters. The Kier molecular flexibility index (Phi) is 8.53. The minimum Gasteiger partial charge on any atom is -0.457 e. The average Bonchev–Trinajstić information content (AvgIpc) is 2.83. The van der Waals surface area contributed by atoms with Gasteiger partial charge in [0.15, 0.2) is 23.3 Å². The summed E-state index contributed by atoms with van der Waals surface area (Å²) in [4.78, 5) is 22.0. The number of carbonyl (C=O) groups excluding carboxylic acids is 1. The van der Waals surface area contributed by atoms with Gasteiger partial charge >= 0.3 is 5.97 Å². The predicted molar refractivity (Wildman–Crippen MR) is 136 cm³/mol. The zero-order valence-electron chi connectivity index (χ0n) is 21.3. The van der Waals surface area contributed by atoms with Gasteiger partial charge in [0.2, 0.25) is 0 Å². The van der Waals surface area contributed by atoms with Crippen molar-refractivity contribution in [1.29, 1.82) is 0 Å². The Bertz CT molecular complexity index is 1260. The molecule has 1 aliphatic carbocycles. The first kappa shape index (κ1) is 28.5. The van der Waals surface area contributed by atoms with Crippen molar-refractivity contribution in [2.45, 2.75) is 58.3 Å². The van der Waals surface area contributed by atoms with E-state index in [0.717, 1.165) is 11.8 Å². The molecular weight excluding hydrogens is 504 g/mol. The summed E-state index contributed by atoms with van der Waals surface area (Å²) in [5, 5.41) is 0. The summed E-state index contributed by atoms with van der Waals surface area (Å²) < 4.78 is 63.4. The number of esters is 1. The molecule has 3 rings (SSSR count). The van der Waals surface area contributed by atoms with Crippen LogP contribution in [0.5, 0.6) is 0 Å². The number of benzene rings is 1. The molecule has 1 aromatic heterocycles. The number of halogens is 4. The fourth-order valence-electron chi connectivity index (χ4n) is 4.07. The Labute approximate surface area is 218 Å². The smallest absolute Gasteiger partial charge is 0.335 e. The molecule has 0 saturated heterocycles. The predicted octanol–water partition coefficient (Wildman–Crippen LogP) is 6.55. The van der Waals surface area contributed by atoms with Crippen LogP contribution in [0, 0.1) is 41.0 Å². The summed E-state index contributed by atoms with van der Waals surface area (Å²) in [5.74, 6) is -5.03.